The molecule has 0 saturated carbocycles. The molecule has 148 valence electrons. The van der Waals surface area contributed by atoms with E-state index < -0.39 is 17.4 Å². The van der Waals surface area contributed by atoms with E-state index in [0.717, 1.165) is 32.1 Å². The zero-order valence-corrected chi connectivity index (χ0v) is 17.0. The number of carbonyl (C=O) groups is 2. The minimum atomic E-state index is -1.13. The molecular weight excluding hydrogens is 316 g/mol. The Labute approximate surface area is 155 Å². The van der Waals surface area contributed by atoms with Gasteiger partial charge in [0.1, 0.15) is 0 Å². The molecule has 0 rings (SSSR count). The molecule has 0 atom stereocenters. The highest BCUT2D eigenvalue weighted by molar-refractivity contribution is 5.99. The summed E-state index contributed by atoms with van der Waals surface area (Å²) >= 11 is 0. The lowest BCUT2D eigenvalue weighted by Crippen LogP contribution is -2.41. The Morgan fingerprint density at radius 2 is 0.960 bits per heavy atom. The maximum atomic E-state index is 12.5. The predicted molar refractivity (Wildman–Crippen MR) is 102 cm³/mol. The van der Waals surface area contributed by atoms with Crippen molar-refractivity contribution in [2.75, 3.05) is 13.2 Å². The summed E-state index contributed by atoms with van der Waals surface area (Å²) in [5.41, 5.74) is -1.13. The molecule has 0 fully saturated rings. The number of unbranched alkanes of at least 4 members (excludes halogenated alkanes) is 8. The first-order valence-electron chi connectivity index (χ1n) is 10.4. The van der Waals surface area contributed by atoms with Gasteiger partial charge in [0, 0.05) is 0 Å². The van der Waals surface area contributed by atoms with Crippen LogP contribution < -0.4 is 0 Å². The van der Waals surface area contributed by atoms with Crippen molar-refractivity contribution in [3.05, 3.63) is 0 Å². The summed E-state index contributed by atoms with van der Waals surface area (Å²) in [5, 5.41) is 0. The Hall–Kier alpha value is -1.06. The molecule has 0 bridgehead atoms. The van der Waals surface area contributed by atoms with Crippen LogP contribution in [0.25, 0.3) is 0 Å². The highest BCUT2D eigenvalue weighted by Gasteiger charge is 2.45. The molecule has 0 aliphatic carbocycles. The fourth-order valence-electron chi connectivity index (χ4n) is 2.93. The topological polar surface area (TPSA) is 52.6 Å². The van der Waals surface area contributed by atoms with Crippen LogP contribution in [0.15, 0.2) is 0 Å². The SMILES string of the molecule is CCCCCCCCCOC(=O)C(CC)(CC)C(=O)OCCCCC. The quantitative estimate of drug-likeness (QED) is 0.199. The number of esters is 2. The Balaban J connectivity index is 4.22. The van der Waals surface area contributed by atoms with Crippen molar-refractivity contribution in [3.63, 3.8) is 0 Å². The second-order valence-electron chi connectivity index (χ2n) is 6.89. The first-order valence-corrected chi connectivity index (χ1v) is 10.4. The Morgan fingerprint density at radius 3 is 1.40 bits per heavy atom. The molecule has 0 spiro atoms. The Bertz CT molecular complexity index is 348. The van der Waals surface area contributed by atoms with E-state index in [1.165, 1.54) is 32.1 Å². The van der Waals surface area contributed by atoms with Crippen LogP contribution in [-0.2, 0) is 19.1 Å². The molecule has 0 saturated heterocycles. The van der Waals surface area contributed by atoms with Gasteiger partial charge in [0.05, 0.1) is 13.2 Å². The minimum Gasteiger partial charge on any atom is -0.465 e. The van der Waals surface area contributed by atoms with Crippen molar-refractivity contribution in [2.45, 2.75) is 105 Å². The third-order valence-electron chi connectivity index (χ3n) is 4.95. The smallest absolute Gasteiger partial charge is 0.323 e. The van der Waals surface area contributed by atoms with Gasteiger partial charge < -0.3 is 9.47 Å². The first-order chi connectivity index (χ1) is 12.1. The zero-order valence-electron chi connectivity index (χ0n) is 17.0. The van der Waals surface area contributed by atoms with Gasteiger partial charge in [-0.25, -0.2) is 0 Å². The normalized spacial score (nSPS) is 11.4. The molecule has 0 aromatic rings. The van der Waals surface area contributed by atoms with Gasteiger partial charge in [-0.3, -0.25) is 9.59 Å². The molecule has 0 amide bonds. The van der Waals surface area contributed by atoms with Crippen LogP contribution in [0.4, 0.5) is 0 Å². The van der Waals surface area contributed by atoms with Crippen molar-refractivity contribution < 1.29 is 19.1 Å². The van der Waals surface area contributed by atoms with Gasteiger partial charge in [0.15, 0.2) is 5.41 Å². The van der Waals surface area contributed by atoms with E-state index >= 15 is 0 Å². The van der Waals surface area contributed by atoms with Crippen LogP contribution in [0.3, 0.4) is 0 Å². The largest absolute Gasteiger partial charge is 0.465 e. The third kappa shape index (κ3) is 9.27. The second kappa shape index (κ2) is 15.2. The maximum Gasteiger partial charge on any atom is 0.323 e. The molecule has 4 heteroatoms. The summed E-state index contributed by atoms with van der Waals surface area (Å²) in [6.07, 6.45) is 12.0. The number of ether oxygens (including phenoxy) is 2. The summed E-state index contributed by atoms with van der Waals surface area (Å²) in [6, 6.07) is 0. The van der Waals surface area contributed by atoms with Crippen molar-refractivity contribution in [3.8, 4) is 0 Å². The van der Waals surface area contributed by atoms with Gasteiger partial charge >= 0.3 is 11.9 Å². The number of carbonyl (C=O) groups excluding carboxylic acids is 2. The lowest BCUT2D eigenvalue weighted by Gasteiger charge is -2.27. The average molecular weight is 357 g/mol. The lowest BCUT2D eigenvalue weighted by molar-refractivity contribution is -0.173. The summed E-state index contributed by atoms with van der Waals surface area (Å²) in [5.74, 6) is -0.831. The van der Waals surface area contributed by atoms with E-state index in [1.54, 1.807) is 0 Å². The molecule has 0 radical (unpaired) electrons. The number of rotatable bonds is 16. The summed E-state index contributed by atoms with van der Waals surface area (Å²) in [6.45, 7) is 8.81. The van der Waals surface area contributed by atoms with Gasteiger partial charge in [0.2, 0.25) is 0 Å². The van der Waals surface area contributed by atoms with Crippen LogP contribution in [0.1, 0.15) is 105 Å². The first kappa shape index (κ1) is 23.9. The van der Waals surface area contributed by atoms with E-state index in [4.69, 9.17) is 9.47 Å². The van der Waals surface area contributed by atoms with E-state index in [9.17, 15) is 9.59 Å². The summed E-state index contributed by atoms with van der Waals surface area (Å²) in [7, 11) is 0. The Morgan fingerprint density at radius 1 is 0.600 bits per heavy atom. The number of hydrogen-bond donors (Lipinski definition) is 0. The lowest BCUT2D eigenvalue weighted by atomic mass is 9.82. The molecule has 0 N–H and O–H groups in total. The van der Waals surface area contributed by atoms with Crippen molar-refractivity contribution in [1.29, 1.82) is 0 Å². The van der Waals surface area contributed by atoms with E-state index in [1.807, 2.05) is 13.8 Å². The highest BCUT2D eigenvalue weighted by Crippen LogP contribution is 2.30. The van der Waals surface area contributed by atoms with Crippen molar-refractivity contribution >= 4 is 11.9 Å². The molecule has 0 heterocycles. The molecule has 0 unspecified atom stereocenters. The summed E-state index contributed by atoms with van der Waals surface area (Å²) < 4.78 is 10.8. The monoisotopic (exact) mass is 356 g/mol. The van der Waals surface area contributed by atoms with Crippen molar-refractivity contribution in [2.24, 2.45) is 5.41 Å². The standard InChI is InChI=1S/C21H40O4/c1-5-9-11-12-13-14-16-18-25-20(23)21(7-3,8-4)19(22)24-17-15-10-6-2/h5-18H2,1-4H3. The van der Waals surface area contributed by atoms with E-state index in [0.29, 0.717) is 26.1 Å². The highest BCUT2D eigenvalue weighted by atomic mass is 16.6. The average Bonchev–Trinajstić information content (AvgIpc) is 2.62. The molecular formula is C21H40O4. The van der Waals surface area contributed by atoms with Crippen LogP contribution >= 0.6 is 0 Å². The van der Waals surface area contributed by atoms with Gasteiger partial charge in [-0.15, -0.1) is 0 Å². The zero-order chi connectivity index (χ0) is 19.0. The van der Waals surface area contributed by atoms with Crippen LogP contribution in [-0.4, -0.2) is 25.2 Å². The molecule has 25 heavy (non-hydrogen) atoms. The Kier molecular flexibility index (Phi) is 14.6. The van der Waals surface area contributed by atoms with Gasteiger partial charge in [-0.1, -0.05) is 79.1 Å². The van der Waals surface area contributed by atoms with E-state index in [2.05, 4.69) is 13.8 Å². The maximum absolute atomic E-state index is 12.5. The molecule has 0 aliphatic heterocycles. The molecule has 0 aliphatic rings. The molecule has 0 aromatic carbocycles. The van der Waals surface area contributed by atoms with Crippen LogP contribution in [0, 0.1) is 5.41 Å². The van der Waals surface area contributed by atoms with E-state index in [-0.39, 0.29) is 0 Å². The number of hydrogen-bond acceptors (Lipinski definition) is 4. The second-order valence-corrected chi connectivity index (χ2v) is 6.89. The van der Waals surface area contributed by atoms with Gasteiger partial charge in [-0.2, -0.15) is 0 Å². The third-order valence-corrected chi connectivity index (χ3v) is 4.95. The van der Waals surface area contributed by atoms with Crippen LogP contribution in [0.2, 0.25) is 0 Å². The fourth-order valence-corrected chi connectivity index (χ4v) is 2.93. The summed E-state index contributed by atoms with van der Waals surface area (Å²) in [4.78, 5) is 25.0. The minimum absolute atomic E-state index is 0.388. The van der Waals surface area contributed by atoms with Crippen molar-refractivity contribution in [1.82, 2.24) is 0 Å². The predicted octanol–water partition coefficient (Wildman–Crippen LogP) is 5.82. The fraction of sp³-hybridized carbons (Fsp3) is 0.905. The van der Waals surface area contributed by atoms with Gasteiger partial charge in [-0.05, 0) is 25.7 Å². The van der Waals surface area contributed by atoms with Crippen LogP contribution in [0.5, 0.6) is 0 Å². The van der Waals surface area contributed by atoms with Gasteiger partial charge in [0.25, 0.3) is 0 Å². The molecule has 0 aromatic heterocycles. The molecule has 4 nitrogen and oxygen atoms in total.